The summed E-state index contributed by atoms with van der Waals surface area (Å²) >= 11 is 0. The molecule has 0 saturated heterocycles. The van der Waals surface area contributed by atoms with Crippen molar-refractivity contribution in [3.8, 4) is 5.75 Å². The Morgan fingerprint density at radius 2 is 2.10 bits per heavy atom. The monoisotopic (exact) mass is 276 g/mol. The van der Waals surface area contributed by atoms with E-state index in [9.17, 15) is 5.11 Å². The first kappa shape index (κ1) is 14.3. The second-order valence-electron chi connectivity index (χ2n) is 4.87. The molecule has 0 aromatic carbocycles. The number of rotatable bonds is 4. The molecule has 0 fully saturated rings. The van der Waals surface area contributed by atoms with Crippen LogP contribution in [-0.2, 0) is 13.5 Å². The molecule has 108 valence electrons. The second-order valence-corrected chi connectivity index (χ2v) is 4.87. The molecule has 0 aliphatic heterocycles. The van der Waals surface area contributed by atoms with Crippen LogP contribution in [0.15, 0.2) is 12.4 Å². The van der Waals surface area contributed by atoms with Crippen molar-refractivity contribution in [1.82, 2.24) is 14.8 Å². The van der Waals surface area contributed by atoms with Crippen molar-refractivity contribution >= 4 is 5.82 Å². The number of nitrogens with zero attached hydrogens (tertiary/aromatic N) is 3. The molecule has 0 aliphatic rings. The van der Waals surface area contributed by atoms with Gasteiger partial charge in [-0.3, -0.25) is 9.67 Å². The third-order valence-corrected chi connectivity index (χ3v) is 3.51. The van der Waals surface area contributed by atoms with Crippen LogP contribution in [0.5, 0.6) is 5.75 Å². The van der Waals surface area contributed by atoms with Gasteiger partial charge < -0.3 is 15.6 Å². The summed E-state index contributed by atoms with van der Waals surface area (Å²) in [7, 11) is 3.37. The molecule has 2 heterocycles. The van der Waals surface area contributed by atoms with E-state index in [2.05, 4.69) is 10.1 Å². The van der Waals surface area contributed by atoms with Gasteiger partial charge in [0.05, 0.1) is 19.4 Å². The highest BCUT2D eigenvalue weighted by Crippen LogP contribution is 2.28. The number of nitrogen functional groups attached to an aromatic ring is 1. The molecule has 0 aliphatic carbocycles. The van der Waals surface area contributed by atoms with Crippen molar-refractivity contribution in [2.24, 2.45) is 7.05 Å². The number of aliphatic hydroxyl groups excluding tert-OH is 1. The van der Waals surface area contributed by atoms with Crippen LogP contribution >= 0.6 is 0 Å². The van der Waals surface area contributed by atoms with Gasteiger partial charge in [-0.05, 0) is 13.8 Å². The highest BCUT2D eigenvalue weighted by molar-refractivity contribution is 5.43. The maximum absolute atomic E-state index is 10.3. The second kappa shape index (κ2) is 5.50. The predicted molar refractivity (Wildman–Crippen MR) is 76.5 cm³/mol. The molecule has 20 heavy (non-hydrogen) atoms. The molecule has 0 spiro atoms. The number of aliphatic hydroxyl groups is 1. The molecule has 2 aromatic rings. The summed E-state index contributed by atoms with van der Waals surface area (Å²) in [5, 5.41) is 14.3. The first-order chi connectivity index (χ1) is 9.45. The molecule has 0 radical (unpaired) electrons. The number of anilines is 1. The number of pyridine rings is 1. The van der Waals surface area contributed by atoms with Crippen LogP contribution in [0.2, 0.25) is 0 Å². The molecule has 6 heteroatoms. The fourth-order valence-corrected chi connectivity index (χ4v) is 2.29. The summed E-state index contributed by atoms with van der Waals surface area (Å²) in [5.74, 6) is 1.27. The first-order valence-electron chi connectivity index (χ1n) is 6.40. The minimum Gasteiger partial charge on any atom is -0.496 e. The van der Waals surface area contributed by atoms with Crippen LogP contribution in [0, 0.1) is 13.8 Å². The standard InChI is InChI=1S/C14H20N4O2/c1-8-6-16-11(9(2)13(8)20-4)5-12(19)10-7-17-18(3)14(10)15/h6-7,12,19H,5,15H2,1-4H3. The Labute approximate surface area is 118 Å². The van der Waals surface area contributed by atoms with Crippen LogP contribution in [0.25, 0.3) is 0 Å². The van der Waals surface area contributed by atoms with E-state index in [0.717, 1.165) is 22.6 Å². The number of ether oxygens (including phenoxy) is 1. The Balaban J connectivity index is 2.28. The van der Waals surface area contributed by atoms with E-state index in [0.29, 0.717) is 17.8 Å². The van der Waals surface area contributed by atoms with E-state index in [1.54, 1.807) is 26.6 Å². The van der Waals surface area contributed by atoms with Gasteiger partial charge in [0.15, 0.2) is 0 Å². The highest BCUT2D eigenvalue weighted by atomic mass is 16.5. The molecule has 3 N–H and O–H groups in total. The lowest BCUT2D eigenvalue weighted by atomic mass is 10.0. The summed E-state index contributed by atoms with van der Waals surface area (Å²) in [4.78, 5) is 4.38. The molecular weight excluding hydrogens is 256 g/mol. The molecular formula is C14H20N4O2. The Morgan fingerprint density at radius 1 is 1.40 bits per heavy atom. The Hall–Kier alpha value is -2.08. The number of aryl methyl sites for hydroxylation is 2. The Morgan fingerprint density at radius 3 is 2.65 bits per heavy atom. The third kappa shape index (κ3) is 2.46. The summed E-state index contributed by atoms with van der Waals surface area (Å²) in [6.45, 7) is 3.88. The number of nitrogens with two attached hydrogens (primary N) is 1. The molecule has 6 nitrogen and oxygen atoms in total. The van der Waals surface area contributed by atoms with E-state index in [1.807, 2.05) is 13.8 Å². The van der Waals surface area contributed by atoms with Crippen molar-refractivity contribution in [1.29, 1.82) is 0 Å². The molecule has 2 rings (SSSR count). The molecule has 1 unspecified atom stereocenters. The van der Waals surface area contributed by atoms with Crippen molar-refractivity contribution in [3.05, 3.63) is 34.8 Å². The van der Waals surface area contributed by atoms with Crippen LogP contribution in [0.1, 0.15) is 28.5 Å². The highest BCUT2D eigenvalue weighted by Gasteiger charge is 2.18. The summed E-state index contributed by atoms with van der Waals surface area (Å²) < 4.78 is 6.91. The lowest BCUT2D eigenvalue weighted by molar-refractivity contribution is 0.177. The average molecular weight is 276 g/mol. The molecule has 0 amide bonds. The topological polar surface area (TPSA) is 86.2 Å². The fourth-order valence-electron chi connectivity index (χ4n) is 2.29. The van der Waals surface area contributed by atoms with Gasteiger partial charge in [-0.15, -0.1) is 0 Å². The summed E-state index contributed by atoms with van der Waals surface area (Å²) in [6, 6.07) is 0. The van der Waals surface area contributed by atoms with Crippen LogP contribution < -0.4 is 10.5 Å². The van der Waals surface area contributed by atoms with Gasteiger partial charge in [-0.1, -0.05) is 0 Å². The van der Waals surface area contributed by atoms with E-state index in [4.69, 9.17) is 10.5 Å². The van der Waals surface area contributed by atoms with Gasteiger partial charge in [0.25, 0.3) is 0 Å². The van der Waals surface area contributed by atoms with Crippen molar-refractivity contribution in [3.63, 3.8) is 0 Å². The van der Waals surface area contributed by atoms with Gasteiger partial charge in [-0.2, -0.15) is 5.10 Å². The number of hydrogen-bond acceptors (Lipinski definition) is 5. The lowest BCUT2D eigenvalue weighted by Crippen LogP contribution is -2.09. The van der Waals surface area contributed by atoms with Gasteiger partial charge in [-0.25, -0.2) is 0 Å². The van der Waals surface area contributed by atoms with Crippen molar-refractivity contribution < 1.29 is 9.84 Å². The zero-order chi connectivity index (χ0) is 14.9. The molecule has 0 bridgehead atoms. The normalized spacial score (nSPS) is 12.4. The van der Waals surface area contributed by atoms with Crippen LogP contribution in [-0.4, -0.2) is 27.0 Å². The molecule has 2 aromatic heterocycles. The maximum atomic E-state index is 10.3. The predicted octanol–water partition coefficient (Wildman–Crippen LogP) is 1.30. The maximum Gasteiger partial charge on any atom is 0.128 e. The Kier molecular flexibility index (Phi) is 3.94. The average Bonchev–Trinajstić information content (AvgIpc) is 2.74. The van der Waals surface area contributed by atoms with Gasteiger partial charge in [0.2, 0.25) is 0 Å². The van der Waals surface area contributed by atoms with Crippen LogP contribution in [0.4, 0.5) is 5.82 Å². The molecule has 0 saturated carbocycles. The van der Waals surface area contributed by atoms with Crippen molar-refractivity contribution in [2.45, 2.75) is 26.4 Å². The van der Waals surface area contributed by atoms with Crippen molar-refractivity contribution in [2.75, 3.05) is 12.8 Å². The van der Waals surface area contributed by atoms with E-state index >= 15 is 0 Å². The Bertz CT molecular complexity index is 622. The number of aromatic nitrogens is 3. The SMILES string of the molecule is COc1c(C)cnc(CC(O)c2cnn(C)c2N)c1C. The van der Waals surface area contributed by atoms with E-state index in [1.165, 1.54) is 4.68 Å². The molecule has 1 atom stereocenters. The quantitative estimate of drug-likeness (QED) is 0.879. The zero-order valence-corrected chi connectivity index (χ0v) is 12.2. The van der Waals surface area contributed by atoms with Gasteiger partial charge in [0.1, 0.15) is 11.6 Å². The fraction of sp³-hybridized carbons (Fsp3) is 0.429. The first-order valence-corrected chi connectivity index (χ1v) is 6.40. The number of methoxy groups -OCH3 is 1. The van der Waals surface area contributed by atoms with Gasteiger partial charge in [0, 0.05) is 42.0 Å². The minimum absolute atomic E-state index is 0.373. The number of hydrogen-bond donors (Lipinski definition) is 2. The smallest absolute Gasteiger partial charge is 0.128 e. The van der Waals surface area contributed by atoms with Gasteiger partial charge >= 0.3 is 0 Å². The zero-order valence-electron chi connectivity index (χ0n) is 12.2. The van der Waals surface area contributed by atoms with Crippen LogP contribution in [0.3, 0.4) is 0 Å². The minimum atomic E-state index is -0.734. The summed E-state index contributed by atoms with van der Waals surface area (Å²) in [5.41, 5.74) is 9.20. The third-order valence-electron chi connectivity index (χ3n) is 3.51. The van der Waals surface area contributed by atoms with E-state index in [-0.39, 0.29) is 0 Å². The van der Waals surface area contributed by atoms with E-state index < -0.39 is 6.10 Å². The summed E-state index contributed by atoms with van der Waals surface area (Å²) in [6.07, 6.45) is 2.97. The largest absolute Gasteiger partial charge is 0.496 e. The lowest BCUT2D eigenvalue weighted by Gasteiger charge is -2.15.